The topological polar surface area (TPSA) is 33.1 Å². The summed E-state index contributed by atoms with van der Waals surface area (Å²) in [5, 5.41) is 4.12. The van der Waals surface area contributed by atoms with Crippen LogP contribution in [0.15, 0.2) is 72.9 Å². The van der Waals surface area contributed by atoms with E-state index in [0.717, 1.165) is 29.2 Å². The maximum absolute atomic E-state index is 14.1. The maximum Gasteiger partial charge on any atom is 0.174 e. The van der Waals surface area contributed by atoms with E-state index < -0.39 is 0 Å². The molecule has 1 aliphatic heterocycles. The molecular formula is C29H29FN4S. The van der Waals surface area contributed by atoms with Crippen LogP contribution in [0, 0.1) is 26.6 Å². The molecule has 0 aliphatic carbocycles. The number of hydrogen-bond acceptors (Lipinski definition) is 2. The highest BCUT2D eigenvalue weighted by Gasteiger charge is 2.42. The monoisotopic (exact) mass is 484 g/mol. The lowest BCUT2D eigenvalue weighted by atomic mass is 9.96. The molecule has 1 saturated heterocycles. The lowest BCUT2D eigenvalue weighted by molar-refractivity contribution is 0.564. The summed E-state index contributed by atoms with van der Waals surface area (Å²) in [6, 6.07) is 21.6. The minimum atomic E-state index is -0.223. The molecular weight excluding hydrogens is 455 g/mol. The van der Waals surface area contributed by atoms with Crippen LogP contribution in [0.5, 0.6) is 0 Å². The van der Waals surface area contributed by atoms with E-state index in [2.05, 4.69) is 70.9 Å². The van der Waals surface area contributed by atoms with Gasteiger partial charge in [0.05, 0.1) is 17.8 Å². The van der Waals surface area contributed by atoms with Crippen molar-refractivity contribution in [3.63, 3.8) is 0 Å². The lowest BCUT2D eigenvalue weighted by Crippen LogP contribution is -2.29. The fraction of sp³-hybridized carbons (Fsp3) is 0.241. The van der Waals surface area contributed by atoms with Gasteiger partial charge in [-0.3, -0.25) is 4.98 Å². The van der Waals surface area contributed by atoms with Crippen LogP contribution >= 0.6 is 12.2 Å². The second kappa shape index (κ2) is 9.27. The summed E-state index contributed by atoms with van der Waals surface area (Å²) in [5.41, 5.74) is 8.35. The zero-order chi connectivity index (χ0) is 24.7. The van der Waals surface area contributed by atoms with E-state index in [0.29, 0.717) is 10.7 Å². The Morgan fingerprint density at radius 2 is 1.77 bits per heavy atom. The fourth-order valence-electron chi connectivity index (χ4n) is 5.21. The van der Waals surface area contributed by atoms with Crippen LogP contribution in [-0.4, -0.2) is 14.7 Å². The molecule has 3 heterocycles. The molecule has 1 N–H and O–H groups in total. The van der Waals surface area contributed by atoms with Crippen molar-refractivity contribution in [2.24, 2.45) is 0 Å². The molecule has 178 valence electrons. The Kier molecular flexibility index (Phi) is 6.15. The fourth-order valence-corrected chi connectivity index (χ4v) is 5.56. The number of pyridine rings is 1. The third-order valence-electron chi connectivity index (χ3n) is 6.92. The van der Waals surface area contributed by atoms with Crippen LogP contribution in [0.25, 0.3) is 5.69 Å². The van der Waals surface area contributed by atoms with Crippen molar-refractivity contribution in [1.29, 1.82) is 0 Å². The number of nitrogens with zero attached hydrogens (tertiary/aromatic N) is 3. The number of thiocarbonyl (C=S) groups is 1. The number of aromatic nitrogens is 2. The van der Waals surface area contributed by atoms with E-state index >= 15 is 0 Å². The third-order valence-corrected chi connectivity index (χ3v) is 7.23. The Labute approximate surface area is 211 Å². The normalized spacial score (nSPS) is 17.6. The summed E-state index contributed by atoms with van der Waals surface area (Å²) in [6.45, 7) is 8.28. The largest absolute Gasteiger partial charge is 0.351 e. The van der Waals surface area contributed by atoms with Gasteiger partial charge in [-0.25, -0.2) is 4.39 Å². The second-order valence-corrected chi connectivity index (χ2v) is 9.46. The van der Waals surface area contributed by atoms with Crippen LogP contribution in [0.3, 0.4) is 0 Å². The molecule has 0 radical (unpaired) electrons. The average Bonchev–Trinajstić information content (AvgIpc) is 3.36. The number of halogens is 1. The van der Waals surface area contributed by atoms with E-state index in [4.69, 9.17) is 12.2 Å². The van der Waals surface area contributed by atoms with Crippen molar-refractivity contribution >= 4 is 23.0 Å². The molecule has 2 aromatic heterocycles. The van der Waals surface area contributed by atoms with Crippen LogP contribution in [0.1, 0.15) is 52.8 Å². The number of anilines is 1. The van der Waals surface area contributed by atoms with E-state index in [1.165, 1.54) is 22.9 Å². The minimum absolute atomic E-state index is 0.143. The standard InChI is InChI=1S/C29H29FN4S/c1-5-21-10-6-7-12-26(21)33-19(3)17-23(20(33)4)28-27(25-11-8-9-15-31-25)32-29(35)34(28)22-13-14-24(30)18(2)16-22/h6-17,27-28H,5H2,1-4H3,(H,32,35). The Bertz CT molecular complexity index is 1400. The van der Waals surface area contributed by atoms with Gasteiger partial charge >= 0.3 is 0 Å². The van der Waals surface area contributed by atoms with E-state index in [1.54, 1.807) is 13.0 Å². The van der Waals surface area contributed by atoms with E-state index in [9.17, 15) is 4.39 Å². The summed E-state index contributed by atoms with van der Waals surface area (Å²) < 4.78 is 16.5. The van der Waals surface area contributed by atoms with Crippen molar-refractivity contribution in [1.82, 2.24) is 14.9 Å². The van der Waals surface area contributed by atoms with E-state index in [-0.39, 0.29) is 17.9 Å². The van der Waals surface area contributed by atoms with Gasteiger partial charge in [-0.15, -0.1) is 0 Å². The van der Waals surface area contributed by atoms with Crippen molar-refractivity contribution in [2.45, 2.75) is 46.2 Å². The Hall–Kier alpha value is -3.51. The first-order chi connectivity index (χ1) is 16.9. The predicted molar refractivity (Wildman–Crippen MR) is 144 cm³/mol. The molecule has 1 aliphatic rings. The summed E-state index contributed by atoms with van der Waals surface area (Å²) >= 11 is 5.86. The van der Waals surface area contributed by atoms with Gasteiger partial charge in [-0.05, 0) is 98.6 Å². The summed E-state index contributed by atoms with van der Waals surface area (Å²) in [7, 11) is 0. The molecule has 0 spiro atoms. The molecule has 2 unspecified atom stereocenters. The van der Waals surface area contributed by atoms with Gasteiger partial charge in [-0.1, -0.05) is 31.2 Å². The SMILES string of the molecule is CCc1ccccc1-n1c(C)cc(C2C(c3ccccn3)NC(=S)N2c2ccc(F)c(C)c2)c1C. The van der Waals surface area contributed by atoms with Crippen LogP contribution < -0.4 is 10.2 Å². The maximum atomic E-state index is 14.1. The smallest absolute Gasteiger partial charge is 0.174 e. The first kappa shape index (κ1) is 23.2. The zero-order valence-corrected chi connectivity index (χ0v) is 21.2. The Morgan fingerprint density at radius 3 is 2.49 bits per heavy atom. The zero-order valence-electron chi connectivity index (χ0n) is 20.4. The van der Waals surface area contributed by atoms with Gasteiger partial charge < -0.3 is 14.8 Å². The molecule has 1 fully saturated rings. The van der Waals surface area contributed by atoms with Crippen LogP contribution in [0.4, 0.5) is 10.1 Å². The number of rotatable bonds is 5. The minimum Gasteiger partial charge on any atom is -0.351 e. The number of aryl methyl sites for hydroxylation is 3. The average molecular weight is 485 g/mol. The number of para-hydroxylation sites is 1. The van der Waals surface area contributed by atoms with Crippen LogP contribution in [-0.2, 0) is 6.42 Å². The quantitative estimate of drug-likeness (QED) is 0.321. The van der Waals surface area contributed by atoms with Gasteiger partial charge in [0.15, 0.2) is 5.11 Å². The second-order valence-electron chi connectivity index (χ2n) is 9.07. The highest BCUT2D eigenvalue weighted by molar-refractivity contribution is 7.80. The molecule has 6 heteroatoms. The summed E-state index contributed by atoms with van der Waals surface area (Å²) in [5.74, 6) is -0.223. The lowest BCUT2D eigenvalue weighted by Gasteiger charge is -2.28. The van der Waals surface area contributed by atoms with Gasteiger partial charge in [-0.2, -0.15) is 0 Å². The molecule has 2 atom stereocenters. The highest BCUT2D eigenvalue weighted by Crippen LogP contribution is 2.44. The molecule has 0 saturated carbocycles. The number of benzene rings is 2. The first-order valence-corrected chi connectivity index (χ1v) is 12.4. The van der Waals surface area contributed by atoms with Gasteiger partial charge in [0, 0.05) is 29.0 Å². The van der Waals surface area contributed by atoms with Gasteiger partial charge in [0.25, 0.3) is 0 Å². The molecule has 35 heavy (non-hydrogen) atoms. The molecule has 0 bridgehead atoms. The van der Waals surface area contributed by atoms with Crippen LogP contribution in [0.2, 0.25) is 0 Å². The molecule has 0 amide bonds. The number of nitrogens with one attached hydrogen (secondary N) is 1. The Balaban J connectivity index is 1.70. The Morgan fingerprint density at radius 1 is 1.00 bits per heavy atom. The third kappa shape index (κ3) is 4.02. The van der Waals surface area contributed by atoms with Crippen molar-refractivity contribution in [2.75, 3.05) is 4.90 Å². The van der Waals surface area contributed by atoms with Crippen molar-refractivity contribution in [3.8, 4) is 5.69 Å². The van der Waals surface area contributed by atoms with Crippen molar-refractivity contribution < 1.29 is 4.39 Å². The molecule has 2 aromatic carbocycles. The van der Waals surface area contributed by atoms with Gasteiger partial charge in [0.1, 0.15) is 5.82 Å². The number of hydrogen-bond donors (Lipinski definition) is 1. The molecule has 5 rings (SSSR count). The predicted octanol–water partition coefficient (Wildman–Crippen LogP) is 6.68. The molecule has 4 aromatic rings. The van der Waals surface area contributed by atoms with Gasteiger partial charge in [0.2, 0.25) is 0 Å². The molecule has 4 nitrogen and oxygen atoms in total. The first-order valence-electron chi connectivity index (χ1n) is 11.9. The summed E-state index contributed by atoms with van der Waals surface area (Å²) in [6.07, 6.45) is 2.76. The van der Waals surface area contributed by atoms with Crippen molar-refractivity contribution in [3.05, 3.63) is 113 Å². The van der Waals surface area contributed by atoms with E-state index in [1.807, 2.05) is 30.5 Å². The summed E-state index contributed by atoms with van der Waals surface area (Å²) in [4.78, 5) is 6.77. The highest BCUT2D eigenvalue weighted by atomic mass is 32.1.